The van der Waals surface area contributed by atoms with Crippen molar-refractivity contribution in [3.8, 4) is 0 Å². The lowest BCUT2D eigenvalue weighted by Gasteiger charge is -2.32. The second kappa shape index (κ2) is 5.16. The number of piperazine rings is 1. The number of carbonyl (C=O) groups is 2. The molecule has 96 valence electrons. The van der Waals surface area contributed by atoms with Gasteiger partial charge >= 0.3 is 0 Å². The van der Waals surface area contributed by atoms with Crippen LogP contribution in [-0.2, 0) is 16.0 Å². The van der Waals surface area contributed by atoms with E-state index in [2.05, 4.69) is 5.32 Å². The Labute approximate surface area is 105 Å². The number of halogens is 1. The Kier molecular flexibility index (Phi) is 3.60. The van der Waals surface area contributed by atoms with Gasteiger partial charge in [0.25, 0.3) is 0 Å². The van der Waals surface area contributed by atoms with Crippen molar-refractivity contribution in [3.63, 3.8) is 0 Å². The predicted molar refractivity (Wildman–Crippen MR) is 64.3 cm³/mol. The lowest BCUT2D eigenvalue weighted by molar-refractivity contribution is -0.142. The van der Waals surface area contributed by atoms with Crippen LogP contribution in [0.4, 0.5) is 4.39 Å². The predicted octanol–water partition coefficient (Wildman–Crippen LogP) is 0.715. The molecule has 0 spiro atoms. The summed E-state index contributed by atoms with van der Waals surface area (Å²) in [6.07, 6.45) is -0.00963. The highest BCUT2D eigenvalue weighted by atomic mass is 19.1. The van der Waals surface area contributed by atoms with Crippen molar-refractivity contribution in [2.45, 2.75) is 19.4 Å². The van der Waals surface area contributed by atoms with Gasteiger partial charge in [0.1, 0.15) is 11.9 Å². The van der Waals surface area contributed by atoms with E-state index in [1.165, 1.54) is 11.0 Å². The fraction of sp³-hybridized carbons (Fsp3) is 0.385. The molecule has 4 nitrogen and oxygen atoms in total. The van der Waals surface area contributed by atoms with E-state index >= 15 is 0 Å². The van der Waals surface area contributed by atoms with Crippen molar-refractivity contribution in [3.05, 3.63) is 35.6 Å². The Morgan fingerprint density at radius 1 is 1.50 bits per heavy atom. The first-order valence-corrected chi connectivity index (χ1v) is 5.90. The van der Waals surface area contributed by atoms with Crippen LogP contribution in [0.5, 0.6) is 0 Å². The number of rotatable bonds is 2. The van der Waals surface area contributed by atoms with Crippen LogP contribution in [0.15, 0.2) is 24.3 Å². The molecule has 2 rings (SSSR count). The topological polar surface area (TPSA) is 49.4 Å². The van der Waals surface area contributed by atoms with Crippen LogP contribution in [0.2, 0.25) is 0 Å². The molecule has 1 aliphatic heterocycles. The number of carbonyl (C=O) groups excluding carboxylic acids is 2. The van der Waals surface area contributed by atoms with E-state index in [-0.39, 0.29) is 24.1 Å². The van der Waals surface area contributed by atoms with Crippen molar-refractivity contribution in [1.29, 1.82) is 0 Å². The fourth-order valence-corrected chi connectivity index (χ4v) is 2.03. The molecular formula is C13H15FN2O2. The number of benzene rings is 1. The third-order valence-electron chi connectivity index (χ3n) is 3.12. The molecule has 5 heteroatoms. The summed E-state index contributed by atoms with van der Waals surface area (Å²) in [5, 5.41) is 2.68. The van der Waals surface area contributed by atoms with Crippen LogP contribution >= 0.6 is 0 Å². The van der Waals surface area contributed by atoms with Gasteiger partial charge in [-0.25, -0.2) is 4.39 Å². The standard InChI is InChI=1S/C13H15FN2O2/c1-9-13(18)15-6-7-16(9)12(17)8-10-4-2-3-5-11(10)14/h2-5,9H,6-8H2,1H3,(H,15,18). The largest absolute Gasteiger partial charge is 0.353 e. The van der Waals surface area contributed by atoms with Crippen molar-refractivity contribution in [1.82, 2.24) is 10.2 Å². The molecule has 1 aliphatic rings. The number of hydrogen-bond acceptors (Lipinski definition) is 2. The number of hydrogen-bond donors (Lipinski definition) is 1. The van der Waals surface area contributed by atoms with Gasteiger partial charge in [-0.05, 0) is 18.6 Å². The zero-order valence-corrected chi connectivity index (χ0v) is 10.1. The second-order valence-corrected chi connectivity index (χ2v) is 4.32. The first-order valence-electron chi connectivity index (χ1n) is 5.90. The van der Waals surface area contributed by atoms with Crippen LogP contribution in [0.1, 0.15) is 12.5 Å². The lowest BCUT2D eigenvalue weighted by Crippen LogP contribution is -2.56. The Morgan fingerprint density at radius 2 is 2.22 bits per heavy atom. The Balaban J connectivity index is 2.08. The number of nitrogens with zero attached hydrogens (tertiary/aromatic N) is 1. The summed E-state index contributed by atoms with van der Waals surface area (Å²) < 4.78 is 13.4. The van der Waals surface area contributed by atoms with Crippen molar-refractivity contribution in [2.24, 2.45) is 0 Å². The minimum absolute atomic E-state index is 0.00963. The number of amides is 2. The Bertz CT molecular complexity index is 476. The summed E-state index contributed by atoms with van der Waals surface area (Å²) in [5.41, 5.74) is 0.362. The molecule has 0 saturated carbocycles. The van der Waals surface area contributed by atoms with E-state index in [0.717, 1.165) is 0 Å². The quantitative estimate of drug-likeness (QED) is 0.840. The minimum Gasteiger partial charge on any atom is -0.353 e. The highest BCUT2D eigenvalue weighted by molar-refractivity contribution is 5.89. The van der Waals surface area contributed by atoms with Gasteiger partial charge in [-0.1, -0.05) is 18.2 Å². The smallest absolute Gasteiger partial charge is 0.242 e. The summed E-state index contributed by atoms with van der Waals surface area (Å²) in [6, 6.07) is 5.70. The summed E-state index contributed by atoms with van der Waals surface area (Å²) in [5.74, 6) is -0.773. The third-order valence-corrected chi connectivity index (χ3v) is 3.12. The molecule has 2 amide bonds. The molecule has 1 saturated heterocycles. The van der Waals surface area contributed by atoms with Crippen molar-refractivity contribution < 1.29 is 14.0 Å². The third kappa shape index (κ3) is 2.50. The average molecular weight is 250 g/mol. The lowest BCUT2D eigenvalue weighted by atomic mass is 10.1. The molecule has 18 heavy (non-hydrogen) atoms. The van der Waals surface area contributed by atoms with Gasteiger partial charge in [0.05, 0.1) is 6.42 Å². The number of nitrogens with one attached hydrogen (secondary N) is 1. The highest BCUT2D eigenvalue weighted by Gasteiger charge is 2.29. The van der Waals surface area contributed by atoms with Crippen molar-refractivity contribution >= 4 is 11.8 Å². The molecule has 0 radical (unpaired) electrons. The first kappa shape index (κ1) is 12.5. The molecule has 0 aromatic heterocycles. The molecule has 1 fully saturated rings. The van der Waals surface area contributed by atoms with Crippen LogP contribution < -0.4 is 5.32 Å². The highest BCUT2D eigenvalue weighted by Crippen LogP contribution is 2.11. The van der Waals surface area contributed by atoms with E-state index < -0.39 is 6.04 Å². The van der Waals surface area contributed by atoms with Crippen LogP contribution in [0.25, 0.3) is 0 Å². The summed E-state index contributed by atoms with van der Waals surface area (Å²) in [7, 11) is 0. The maximum Gasteiger partial charge on any atom is 0.242 e. The summed E-state index contributed by atoms with van der Waals surface area (Å²) in [4.78, 5) is 25.0. The van der Waals surface area contributed by atoms with Gasteiger partial charge in [0.2, 0.25) is 11.8 Å². The van der Waals surface area contributed by atoms with Crippen molar-refractivity contribution in [2.75, 3.05) is 13.1 Å². The van der Waals surface area contributed by atoms with E-state index in [0.29, 0.717) is 18.7 Å². The molecular weight excluding hydrogens is 235 g/mol. The van der Waals surface area contributed by atoms with E-state index in [4.69, 9.17) is 0 Å². The molecule has 1 aromatic rings. The molecule has 1 N–H and O–H groups in total. The average Bonchev–Trinajstić information content (AvgIpc) is 2.35. The van der Waals surface area contributed by atoms with Gasteiger partial charge in [-0.3, -0.25) is 9.59 Å². The van der Waals surface area contributed by atoms with Gasteiger partial charge in [0, 0.05) is 13.1 Å². The van der Waals surface area contributed by atoms with Gasteiger partial charge in [0.15, 0.2) is 0 Å². The van der Waals surface area contributed by atoms with Crippen LogP contribution in [-0.4, -0.2) is 35.8 Å². The molecule has 1 aromatic carbocycles. The molecule has 1 heterocycles. The van der Waals surface area contributed by atoms with Gasteiger partial charge in [-0.2, -0.15) is 0 Å². The van der Waals surface area contributed by atoms with Crippen LogP contribution in [0, 0.1) is 5.82 Å². The van der Waals surface area contributed by atoms with E-state index in [9.17, 15) is 14.0 Å². The minimum atomic E-state index is -0.488. The summed E-state index contributed by atoms with van der Waals surface area (Å²) in [6.45, 7) is 2.60. The van der Waals surface area contributed by atoms with Gasteiger partial charge < -0.3 is 10.2 Å². The second-order valence-electron chi connectivity index (χ2n) is 4.32. The first-order chi connectivity index (χ1) is 8.59. The van der Waals surface area contributed by atoms with E-state index in [1.807, 2.05) is 0 Å². The zero-order chi connectivity index (χ0) is 13.1. The Hall–Kier alpha value is -1.91. The molecule has 0 bridgehead atoms. The normalized spacial score (nSPS) is 19.6. The monoisotopic (exact) mass is 250 g/mol. The van der Waals surface area contributed by atoms with Gasteiger partial charge in [-0.15, -0.1) is 0 Å². The summed E-state index contributed by atoms with van der Waals surface area (Å²) >= 11 is 0. The Morgan fingerprint density at radius 3 is 2.94 bits per heavy atom. The molecule has 1 atom stereocenters. The maximum absolute atomic E-state index is 13.4. The SMILES string of the molecule is CC1C(=O)NCCN1C(=O)Cc1ccccc1F. The maximum atomic E-state index is 13.4. The van der Waals surface area contributed by atoms with Crippen LogP contribution in [0.3, 0.4) is 0 Å². The molecule has 0 aliphatic carbocycles. The zero-order valence-electron chi connectivity index (χ0n) is 10.1. The fourth-order valence-electron chi connectivity index (χ4n) is 2.03. The van der Waals surface area contributed by atoms with E-state index in [1.54, 1.807) is 25.1 Å². The molecule has 1 unspecified atom stereocenters.